The van der Waals surface area contributed by atoms with E-state index in [1.165, 1.54) is 7.11 Å². The average Bonchev–Trinajstić information content (AvgIpc) is 2.97. The van der Waals surface area contributed by atoms with Crippen LogP contribution in [0.3, 0.4) is 0 Å². The Hall–Kier alpha value is -1.75. The first-order chi connectivity index (χ1) is 10.1. The Morgan fingerprint density at radius 1 is 1.43 bits per heavy atom. The monoisotopic (exact) mass is 291 g/mol. The smallest absolute Gasteiger partial charge is 0.337 e. The van der Waals surface area contributed by atoms with E-state index in [1.54, 1.807) is 12.1 Å². The van der Waals surface area contributed by atoms with Crippen molar-refractivity contribution >= 4 is 17.3 Å². The van der Waals surface area contributed by atoms with E-state index in [9.17, 15) is 4.79 Å². The van der Waals surface area contributed by atoms with E-state index in [2.05, 4.69) is 23.6 Å². The molecule has 0 saturated carbocycles. The van der Waals surface area contributed by atoms with E-state index >= 15 is 0 Å². The zero-order valence-electron chi connectivity index (χ0n) is 13.1. The van der Waals surface area contributed by atoms with Crippen LogP contribution in [-0.2, 0) is 4.74 Å². The Balaban J connectivity index is 2.11. The van der Waals surface area contributed by atoms with Crippen LogP contribution in [0, 0.1) is 0 Å². The van der Waals surface area contributed by atoms with Gasteiger partial charge in [0.25, 0.3) is 0 Å². The molecule has 0 spiro atoms. The summed E-state index contributed by atoms with van der Waals surface area (Å²) in [5.41, 5.74) is 8.26. The van der Waals surface area contributed by atoms with Gasteiger partial charge < -0.3 is 15.4 Å². The quantitative estimate of drug-likeness (QED) is 0.664. The maximum Gasteiger partial charge on any atom is 0.337 e. The van der Waals surface area contributed by atoms with Gasteiger partial charge in [-0.3, -0.25) is 4.90 Å². The van der Waals surface area contributed by atoms with Crippen LogP contribution in [0.1, 0.15) is 30.6 Å². The number of ether oxygens (including phenoxy) is 1. The van der Waals surface area contributed by atoms with Crippen LogP contribution < -0.4 is 10.6 Å². The Labute approximate surface area is 126 Å². The SMILES string of the molecule is CCN(CC)C1CCN(c2ccc(C(=O)OC)cc2N)C1. The Bertz CT molecular complexity index is 500. The molecule has 1 aliphatic rings. The summed E-state index contributed by atoms with van der Waals surface area (Å²) in [6.07, 6.45) is 1.15. The van der Waals surface area contributed by atoms with Crippen LogP contribution in [0.5, 0.6) is 0 Å². The molecule has 1 atom stereocenters. The molecule has 1 heterocycles. The maximum atomic E-state index is 11.5. The lowest BCUT2D eigenvalue weighted by Crippen LogP contribution is -2.37. The minimum Gasteiger partial charge on any atom is -0.465 e. The van der Waals surface area contributed by atoms with Gasteiger partial charge in [-0.2, -0.15) is 0 Å². The van der Waals surface area contributed by atoms with Crippen molar-refractivity contribution in [3.05, 3.63) is 23.8 Å². The Morgan fingerprint density at radius 3 is 2.71 bits per heavy atom. The summed E-state index contributed by atoms with van der Waals surface area (Å²) >= 11 is 0. The van der Waals surface area contributed by atoms with Gasteiger partial charge in [0, 0.05) is 19.1 Å². The summed E-state index contributed by atoms with van der Waals surface area (Å²) in [5.74, 6) is -0.351. The van der Waals surface area contributed by atoms with Crippen LogP contribution in [0.2, 0.25) is 0 Å². The van der Waals surface area contributed by atoms with Crippen LogP contribution in [0.4, 0.5) is 11.4 Å². The normalized spacial score (nSPS) is 18.3. The molecule has 2 rings (SSSR count). The van der Waals surface area contributed by atoms with E-state index in [0.717, 1.165) is 38.3 Å². The molecule has 0 bridgehead atoms. The van der Waals surface area contributed by atoms with Gasteiger partial charge in [0.2, 0.25) is 0 Å². The van der Waals surface area contributed by atoms with Crippen molar-refractivity contribution < 1.29 is 9.53 Å². The number of nitrogens with zero attached hydrogens (tertiary/aromatic N) is 2. The number of carbonyl (C=O) groups is 1. The molecule has 5 heteroatoms. The molecule has 1 aromatic rings. The van der Waals surface area contributed by atoms with Crippen LogP contribution in [-0.4, -0.2) is 50.2 Å². The Morgan fingerprint density at radius 2 is 2.14 bits per heavy atom. The second-order valence-corrected chi connectivity index (χ2v) is 5.37. The molecule has 21 heavy (non-hydrogen) atoms. The third-order valence-electron chi connectivity index (χ3n) is 4.28. The largest absolute Gasteiger partial charge is 0.465 e. The predicted molar refractivity (Wildman–Crippen MR) is 85.7 cm³/mol. The summed E-state index contributed by atoms with van der Waals surface area (Å²) < 4.78 is 4.72. The molecule has 116 valence electrons. The first-order valence-corrected chi connectivity index (χ1v) is 7.57. The highest BCUT2D eigenvalue weighted by atomic mass is 16.5. The van der Waals surface area contributed by atoms with Crippen molar-refractivity contribution in [2.75, 3.05) is 43.9 Å². The fourth-order valence-corrected chi connectivity index (χ4v) is 3.09. The lowest BCUT2D eigenvalue weighted by atomic mass is 10.1. The summed E-state index contributed by atoms with van der Waals surface area (Å²) in [7, 11) is 1.38. The van der Waals surface area contributed by atoms with Gasteiger partial charge in [0.15, 0.2) is 0 Å². The van der Waals surface area contributed by atoms with Crippen LogP contribution in [0.15, 0.2) is 18.2 Å². The molecule has 2 N–H and O–H groups in total. The summed E-state index contributed by atoms with van der Waals surface area (Å²) in [5, 5.41) is 0. The lowest BCUT2D eigenvalue weighted by molar-refractivity contribution is 0.0601. The number of likely N-dealkylation sites (N-methyl/N-ethyl adjacent to an activating group) is 1. The van der Waals surface area contributed by atoms with Crippen molar-refractivity contribution in [3.8, 4) is 0 Å². The number of rotatable bonds is 5. The summed E-state index contributed by atoms with van der Waals surface area (Å²) in [4.78, 5) is 16.3. The van der Waals surface area contributed by atoms with E-state index in [1.807, 2.05) is 6.07 Å². The zero-order valence-corrected chi connectivity index (χ0v) is 13.1. The number of anilines is 2. The fourth-order valence-electron chi connectivity index (χ4n) is 3.09. The summed E-state index contributed by atoms with van der Waals surface area (Å²) in [6.45, 7) is 8.54. The molecule has 0 radical (unpaired) electrons. The van der Waals surface area contributed by atoms with Crippen LogP contribution in [0.25, 0.3) is 0 Å². The van der Waals surface area contributed by atoms with Crippen molar-refractivity contribution in [2.45, 2.75) is 26.3 Å². The van der Waals surface area contributed by atoms with Crippen LogP contribution >= 0.6 is 0 Å². The number of carbonyl (C=O) groups excluding carboxylic acids is 1. The number of nitrogens with two attached hydrogens (primary N) is 1. The predicted octanol–water partition coefficient (Wildman–Crippen LogP) is 1.98. The lowest BCUT2D eigenvalue weighted by Gasteiger charge is -2.27. The van der Waals surface area contributed by atoms with Gasteiger partial charge in [-0.1, -0.05) is 13.8 Å². The van der Waals surface area contributed by atoms with Crippen molar-refractivity contribution in [3.63, 3.8) is 0 Å². The Kier molecular flexibility index (Phi) is 5.07. The highest BCUT2D eigenvalue weighted by Gasteiger charge is 2.27. The second-order valence-electron chi connectivity index (χ2n) is 5.37. The molecule has 1 fully saturated rings. The topological polar surface area (TPSA) is 58.8 Å². The number of methoxy groups -OCH3 is 1. The van der Waals surface area contributed by atoms with E-state index in [4.69, 9.17) is 10.5 Å². The second kappa shape index (κ2) is 6.80. The van der Waals surface area contributed by atoms with Crippen molar-refractivity contribution in [1.29, 1.82) is 0 Å². The minimum absolute atomic E-state index is 0.351. The average molecular weight is 291 g/mol. The van der Waals surface area contributed by atoms with E-state index in [-0.39, 0.29) is 5.97 Å². The number of esters is 1. The first kappa shape index (κ1) is 15.6. The molecular weight excluding hydrogens is 266 g/mol. The molecular formula is C16H25N3O2. The molecule has 0 aromatic heterocycles. The standard InChI is InChI=1S/C16H25N3O2/c1-4-18(5-2)13-8-9-19(11-13)15-7-6-12(10-14(15)17)16(20)21-3/h6-7,10,13H,4-5,8-9,11,17H2,1-3H3. The van der Waals surface area contributed by atoms with Gasteiger partial charge in [-0.05, 0) is 37.7 Å². The molecule has 5 nitrogen and oxygen atoms in total. The molecule has 0 aliphatic carbocycles. The highest BCUT2D eigenvalue weighted by molar-refractivity contribution is 5.92. The fraction of sp³-hybridized carbons (Fsp3) is 0.562. The maximum absolute atomic E-state index is 11.5. The van der Waals surface area contributed by atoms with E-state index in [0.29, 0.717) is 17.3 Å². The summed E-state index contributed by atoms with van der Waals surface area (Å²) in [6, 6.07) is 5.99. The van der Waals surface area contributed by atoms with Gasteiger partial charge in [0.1, 0.15) is 0 Å². The molecule has 1 aromatic carbocycles. The van der Waals surface area contributed by atoms with Gasteiger partial charge in [0.05, 0.1) is 24.0 Å². The highest BCUT2D eigenvalue weighted by Crippen LogP contribution is 2.29. The molecule has 1 unspecified atom stereocenters. The van der Waals surface area contributed by atoms with Crippen molar-refractivity contribution in [2.24, 2.45) is 0 Å². The number of hydrogen-bond acceptors (Lipinski definition) is 5. The van der Waals surface area contributed by atoms with Gasteiger partial charge in [-0.25, -0.2) is 4.79 Å². The minimum atomic E-state index is -0.351. The number of benzene rings is 1. The third kappa shape index (κ3) is 3.29. The zero-order chi connectivity index (χ0) is 15.4. The molecule has 1 saturated heterocycles. The first-order valence-electron chi connectivity index (χ1n) is 7.57. The number of nitrogen functional groups attached to an aromatic ring is 1. The van der Waals surface area contributed by atoms with E-state index < -0.39 is 0 Å². The molecule has 0 amide bonds. The van der Waals surface area contributed by atoms with Gasteiger partial charge in [-0.15, -0.1) is 0 Å². The van der Waals surface area contributed by atoms with Crippen molar-refractivity contribution in [1.82, 2.24) is 4.90 Å². The third-order valence-corrected chi connectivity index (χ3v) is 4.28. The van der Waals surface area contributed by atoms with Gasteiger partial charge >= 0.3 is 5.97 Å². The molecule has 1 aliphatic heterocycles. The number of hydrogen-bond donors (Lipinski definition) is 1.